The molecule has 1 aliphatic heterocycles. The van der Waals surface area contributed by atoms with Crippen LogP contribution in [-0.2, 0) is 16.1 Å². The summed E-state index contributed by atoms with van der Waals surface area (Å²) < 4.78 is 18.7. The maximum Gasteiger partial charge on any atom is 0.344 e. The van der Waals surface area contributed by atoms with E-state index in [0.29, 0.717) is 45.2 Å². The van der Waals surface area contributed by atoms with Crippen molar-refractivity contribution in [3.8, 4) is 11.5 Å². The van der Waals surface area contributed by atoms with E-state index in [1.54, 1.807) is 44.2 Å². The number of amides is 1. The normalized spacial score (nSPS) is 15.0. The van der Waals surface area contributed by atoms with Crippen LogP contribution in [0.2, 0.25) is 0 Å². The molecule has 0 atom stereocenters. The van der Waals surface area contributed by atoms with Gasteiger partial charge in [-0.15, -0.1) is 0 Å². The molecule has 1 aliphatic rings. The Bertz CT molecular complexity index is 1560. The molecule has 1 N–H and O–H groups in total. The predicted octanol–water partition coefficient (Wildman–Crippen LogP) is 8.20. The van der Waals surface area contributed by atoms with E-state index in [-0.39, 0.29) is 23.0 Å². The number of aryl methyl sites for hydroxylation is 1. The van der Waals surface area contributed by atoms with Gasteiger partial charge in [-0.1, -0.05) is 58.0 Å². The Balaban J connectivity index is 1.68. The summed E-state index contributed by atoms with van der Waals surface area (Å²) in [7, 11) is 0. The molecule has 1 amide bonds. The number of aliphatic imine (C=N–C) groups is 1. The van der Waals surface area contributed by atoms with Crippen molar-refractivity contribution in [2.24, 2.45) is 4.99 Å². The Morgan fingerprint density at radius 2 is 1.73 bits per heavy atom. The first kappa shape index (κ1) is 30.6. The number of ether oxygens (including phenoxy) is 3. The van der Waals surface area contributed by atoms with E-state index in [2.05, 4.69) is 36.9 Å². The first-order chi connectivity index (χ1) is 19.7. The van der Waals surface area contributed by atoms with Gasteiger partial charge in [0.1, 0.15) is 23.0 Å². The molecule has 0 aliphatic carbocycles. The first-order valence-corrected chi connectivity index (χ1v) is 15.1. The Morgan fingerprint density at radius 3 is 2.41 bits per heavy atom. The number of carbonyl (C=O) groups excluding carboxylic acids is 2. The third-order valence-electron chi connectivity index (χ3n) is 5.87. The van der Waals surface area contributed by atoms with E-state index in [0.717, 1.165) is 27.4 Å². The molecule has 7 nitrogen and oxygen atoms in total. The van der Waals surface area contributed by atoms with Crippen molar-refractivity contribution in [2.75, 3.05) is 13.2 Å². The standard InChI is InChI=1S/C31H27Br2NO6S/c1-4-38-24-15-20(14-23(33)28(24)40-17-19-10-12-21(32)13-11-19)16-25-27(35)26(31(37)39-5-2)30(41-25)34-29(36)22-9-7-6-8-18(22)3/h6-16,35H,4-5,17H2,1-3H3/b25-16-,34-30?. The lowest BCUT2D eigenvalue weighted by molar-refractivity contribution is -0.138. The topological polar surface area (TPSA) is 94.4 Å². The number of aliphatic hydroxyl groups is 1. The van der Waals surface area contributed by atoms with Crippen molar-refractivity contribution in [1.82, 2.24) is 0 Å². The first-order valence-electron chi connectivity index (χ1n) is 12.7. The molecule has 212 valence electrons. The highest BCUT2D eigenvalue weighted by Crippen LogP contribution is 2.42. The third-order valence-corrected chi connectivity index (χ3v) is 8.01. The number of aliphatic hydroxyl groups excluding tert-OH is 1. The predicted molar refractivity (Wildman–Crippen MR) is 169 cm³/mol. The van der Waals surface area contributed by atoms with Crippen LogP contribution in [-0.4, -0.2) is 35.2 Å². The number of hydrogen-bond acceptors (Lipinski definition) is 7. The van der Waals surface area contributed by atoms with Crippen LogP contribution in [0.3, 0.4) is 0 Å². The summed E-state index contributed by atoms with van der Waals surface area (Å²) in [6.07, 6.45) is 1.69. The molecule has 1 heterocycles. The van der Waals surface area contributed by atoms with Crippen molar-refractivity contribution in [3.63, 3.8) is 0 Å². The Morgan fingerprint density at radius 1 is 1.00 bits per heavy atom. The molecule has 41 heavy (non-hydrogen) atoms. The number of thioether (sulfide) groups is 1. The third kappa shape index (κ3) is 7.49. The van der Waals surface area contributed by atoms with Crippen LogP contribution in [0.4, 0.5) is 0 Å². The lowest BCUT2D eigenvalue weighted by Crippen LogP contribution is -2.14. The fourth-order valence-corrected chi connectivity index (χ4v) is 5.77. The second-order valence-corrected chi connectivity index (χ2v) is 11.6. The average molecular weight is 701 g/mol. The molecule has 0 unspecified atom stereocenters. The zero-order valence-electron chi connectivity index (χ0n) is 22.6. The van der Waals surface area contributed by atoms with Gasteiger partial charge in [0.15, 0.2) is 11.5 Å². The average Bonchev–Trinajstić information content (AvgIpc) is 3.23. The van der Waals surface area contributed by atoms with Gasteiger partial charge in [-0.05, 0) is 89.8 Å². The van der Waals surface area contributed by atoms with E-state index in [1.807, 2.05) is 43.3 Å². The monoisotopic (exact) mass is 699 g/mol. The smallest absolute Gasteiger partial charge is 0.344 e. The summed E-state index contributed by atoms with van der Waals surface area (Å²) in [5.41, 5.74) is 2.67. The van der Waals surface area contributed by atoms with Crippen molar-refractivity contribution in [1.29, 1.82) is 0 Å². The molecule has 0 saturated heterocycles. The Labute approximate surface area is 259 Å². The molecule has 10 heteroatoms. The van der Waals surface area contributed by atoms with Gasteiger partial charge < -0.3 is 19.3 Å². The molecule has 0 radical (unpaired) electrons. The maximum atomic E-state index is 13.0. The van der Waals surface area contributed by atoms with Gasteiger partial charge in [-0.25, -0.2) is 9.79 Å². The van der Waals surface area contributed by atoms with Gasteiger partial charge in [0, 0.05) is 10.0 Å². The largest absolute Gasteiger partial charge is 0.506 e. The van der Waals surface area contributed by atoms with Gasteiger partial charge >= 0.3 is 5.97 Å². The van der Waals surface area contributed by atoms with E-state index in [4.69, 9.17) is 14.2 Å². The second kappa shape index (κ2) is 14.0. The van der Waals surface area contributed by atoms with Crippen molar-refractivity contribution < 1.29 is 28.9 Å². The van der Waals surface area contributed by atoms with E-state index >= 15 is 0 Å². The second-order valence-electron chi connectivity index (χ2n) is 8.77. The highest BCUT2D eigenvalue weighted by molar-refractivity contribution is 9.10. The van der Waals surface area contributed by atoms with Crippen LogP contribution >= 0.6 is 43.6 Å². The Hall–Kier alpha value is -3.34. The number of carbonyl (C=O) groups is 2. The van der Waals surface area contributed by atoms with Gasteiger partial charge in [0.05, 0.1) is 22.6 Å². The van der Waals surface area contributed by atoms with Crippen LogP contribution in [0.15, 0.2) is 90.8 Å². The fourth-order valence-electron chi connectivity index (χ4n) is 3.92. The number of hydrogen-bond donors (Lipinski definition) is 1. The van der Waals surface area contributed by atoms with Gasteiger partial charge in [-0.3, -0.25) is 4.79 Å². The zero-order chi connectivity index (χ0) is 29.5. The van der Waals surface area contributed by atoms with Crippen LogP contribution in [0.25, 0.3) is 6.08 Å². The molecule has 0 aromatic heterocycles. The van der Waals surface area contributed by atoms with Gasteiger partial charge in [0.2, 0.25) is 0 Å². The zero-order valence-corrected chi connectivity index (χ0v) is 26.6. The van der Waals surface area contributed by atoms with Crippen molar-refractivity contribution >= 4 is 66.6 Å². The minimum Gasteiger partial charge on any atom is -0.506 e. The van der Waals surface area contributed by atoms with Gasteiger partial charge in [-0.2, -0.15) is 0 Å². The van der Waals surface area contributed by atoms with Crippen LogP contribution < -0.4 is 9.47 Å². The number of benzene rings is 3. The molecule has 3 aromatic carbocycles. The molecule has 0 saturated carbocycles. The summed E-state index contributed by atoms with van der Waals surface area (Å²) >= 11 is 8.04. The maximum absolute atomic E-state index is 13.0. The van der Waals surface area contributed by atoms with E-state index in [1.165, 1.54) is 0 Å². The van der Waals surface area contributed by atoms with Gasteiger partial charge in [0.25, 0.3) is 5.91 Å². The van der Waals surface area contributed by atoms with E-state index in [9.17, 15) is 14.7 Å². The SMILES string of the molecule is CCOC(=O)C1=C(O)/C(=C/c2cc(Br)c(OCc3ccc(Br)cc3)c(OCC)c2)SC1=NC(=O)c1ccccc1C. The highest BCUT2D eigenvalue weighted by atomic mass is 79.9. The summed E-state index contributed by atoms with van der Waals surface area (Å²) in [6.45, 7) is 6.19. The summed E-state index contributed by atoms with van der Waals surface area (Å²) in [5.74, 6) is -0.546. The molecular weight excluding hydrogens is 674 g/mol. The van der Waals surface area contributed by atoms with Crippen molar-refractivity contribution in [3.05, 3.63) is 108 Å². The molecule has 4 rings (SSSR count). The summed E-state index contributed by atoms with van der Waals surface area (Å²) in [5, 5.41) is 11.1. The molecular formula is C31H27Br2NO6S. The quantitative estimate of drug-likeness (QED) is 0.225. The van der Waals surface area contributed by atoms with E-state index < -0.39 is 11.9 Å². The highest BCUT2D eigenvalue weighted by Gasteiger charge is 2.34. The fraction of sp³-hybridized carbons (Fsp3) is 0.194. The lowest BCUT2D eigenvalue weighted by atomic mass is 10.1. The minimum atomic E-state index is -0.759. The van der Waals surface area contributed by atoms with Crippen LogP contribution in [0.1, 0.15) is 40.9 Å². The van der Waals surface area contributed by atoms with Crippen molar-refractivity contribution in [2.45, 2.75) is 27.4 Å². The Kier molecular flexibility index (Phi) is 10.5. The molecule has 0 spiro atoms. The van der Waals surface area contributed by atoms with Crippen LogP contribution in [0.5, 0.6) is 11.5 Å². The molecule has 3 aromatic rings. The van der Waals surface area contributed by atoms with Crippen LogP contribution in [0, 0.1) is 6.92 Å². The lowest BCUT2D eigenvalue weighted by Gasteiger charge is -2.15. The number of nitrogens with zero attached hydrogens (tertiary/aromatic N) is 1. The molecule has 0 fully saturated rings. The number of esters is 1. The summed E-state index contributed by atoms with van der Waals surface area (Å²) in [4.78, 5) is 30.3. The number of halogens is 2. The number of rotatable bonds is 9. The summed E-state index contributed by atoms with van der Waals surface area (Å²) in [6, 6.07) is 18.5. The molecule has 0 bridgehead atoms. The minimum absolute atomic E-state index is 0.0685.